The second-order valence-corrected chi connectivity index (χ2v) is 6.03. The maximum Gasteiger partial charge on any atom is 0.220 e. The highest BCUT2D eigenvalue weighted by molar-refractivity contribution is 6.30. The molecule has 25 heavy (non-hydrogen) atoms. The number of benzene rings is 1. The molecule has 3 rings (SSSR count). The van der Waals surface area contributed by atoms with Crippen LogP contribution in [-0.2, 0) is 17.8 Å². The summed E-state index contributed by atoms with van der Waals surface area (Å²) in [4.78, 5) is 16.4. The van der Waals surface area contributed by atoms with Crippen molar-refractivity contribution in [2.75, 3.05) is 7.11 Å². The number of halogens is 2. The van der Waals surface area contributed by atoms with Gasteiger partial charge in [-0.1, -0.05) is 17.7 Å². The van der Waals surface area contributed by atoms with E-state index in [1.165, 1.54) is 13.2 Å². The number of carbonyl (C=O) groups excluding carboxylic acids is 1. The molecule has 1 aromatic carbocycles. The minimum Gasteiger partial charge on any atom is -0.494 e. The number of nitrogens with one attached hydrogen (secondary N) is 1. The normalized spacial score (nSPS) is 10.8. The number of imidazole rings is 1. The fraction of sp³-hybridized carbons (Fsp3) is 0.222. The maximum absolute atomic E-state index is 13.6. The molecule has 0 fully saturated rings. The molecular formula is C18H17ClFN3O2. The molecule has 1 N–H and O–H groups in total. The molecule has 5 nitrogen and oxygen atoms in total. The van der Waals surface area contributed by atoms with E-state index in [0.717, 1.165) is 16.9 Å². The summed E-state index contributed by atoms with van der Waals surface area (Å²) in [6.07, 6.45) is 4.30. The van der Waals surface area contributed by atoms with E-state index in [1.807, 2.05) is 16.7 Å². The van der Waals surface area contributed by atoms with Crippen molar-refractivity contribution in [3.8, 4) is 5.75 Å². The highest BCUT2D eigenvalue weighted by atomic mass is 35.5. The number of ether oxygens (including phenoxy) is 1. The lowest BCUT2D eigenvalue weighted by molar-refractivity contribution is -0.121. The molecule has 0 spiro atoms. The van der Waals surface area contributed by atoms with Gasteiger partial charge in [-0.25, -0.2) is 9.37 Å². The van der Waals surface area contributed by atoms with Gasteiger partial charge in [0.05, 0.1) is 24.4 Å². The van der Waals surface area contributed by atoms with Crippen LogP contribution in [0.1, 0.15) is 17.7 Å². The van der Waals surface area contributed by atoms with Crippen LogP contribution in [0.4, 0.5) is 4.39 Å². The second-order valence-electron chi connectivity index (χ2n) is 5.59. The third-order valence-corrected chi connectivity index (χ3v) is 4.01. The van der Waals surface area contributed by atoms with Gasteiger partial charge in [-0.2, -0.15) is 0 Å². The van der Waals surface area contributed by atoms with Crippen LogP contribution in [0.2, 0.25) is 5.02 Å². The molecule has 0 aliphatic rings. The lowest BCUT2D eigenvalue weighted by atomic mass is 10.1. The van der Waals surface area contributed by atoms with Crippen LogP contribution in [0.25, 0.3) is 5.65 Å². The van der Waals surface area contributed by atoms with Gasteiger partial charge in [0.1, 0.15) is 5.65 Å². The first-order valence-corrected chi connectivity index (χ1v) is 8.15. The van der Waals surface area contributed by atoms with E-state index in [1.54, 1.807) is 24.4 Å². The molecule has 0 radical (unpaired) electrons. The molecule has 130 valence electrons. The van der Waals surface area contributed by atoms with Crippen molar-refractivity contribution in [2.45, 2.75) is 19.4 Å². The molecule has 0 saturated heterocycles. The van der Waals surface area contributed by atoms with Crippen molar-refractivity contribution < 1.29 is 13.9 Å². The third kappa shape index (κ3) is 4.28. The number of nitrogens with zero attached hydrogens (tertiary/aromatic N) is 2. The highest BCUT2D eigenvalue weighted by Gasteiger charge is 2.08. The number of fused-ring (bicyclic) bond motifs is 1. The molecule has 7 heteroatoms. The number of hydrogen-bond donors (Lipinski definition) is 1. The van der Waals surface area contributed by atoms with Crippen LogP contribution in [-0.4, -0.2) is 22.4 Å². The lowest BCUT2D eigenvalue weighted by Crippen LogP contribution is -2.23. The first kappa shape index (κ1) is 17.2. The number of methoxy groups -OCH3 is 1. The Balaban J connectivity index is 1.52. The van der Waals surface area contributed by atoms with E-state index in [9.17, 15) is 9.18 Å². The second kappa shape index (κ2) is 7.53. The average Bonchev–Trinajstić information content (AvgIpc) is 3.00. The zero-order chi connectivity index (χ0) is 17.8. The van der Waals surface area contributed by atoms with Gasteiger partial charge in [0.2, 0.25) is 5.91 Å². The Morgan fingerprint density at radius 1 is 1.32 bits per heavy atom. The van der Waals surface area contributed by atoms with E-state index in [0.29, 0.717) is 18.0 Å². The number of amides is 1. The van der Waals surface area contributed by atoms with Crippen molar-refractivity contribution in [3.05, 3.63) is 64.8 Å². The van der Waals surface area contributed by atoms with Crippen LogP contribution < -0.4 is 10.1 Å². The average molecular weight is 362 g/mol. The summed E-state index contributed by atoms with van der Waals surface area (Å²) in [7, 11) is 1.42. The minimum absolute atomic E-state index is 0.119. The van der Waals surface area contributed by atoms with Crippen molar-refractivity contribution in [3.63, 3.8) is 0 Å². The summed E-state index contributed by atoms with van der Waals surface area (Å²) in [5.74, 6) is -0.352. The van der Waals surface area contributed by atoms with E-state index < -0.39 is 5.82 Å². The van der Waals surface area contributed by atoms with Gasteiger partial charge in [-0.15, -0.1) is 0 Å². The number of hydrogen-bond acceptors (Lipinski definition) is 3. The first-order chi connectivity index (χ1) is 12.0. The van der Waals surface area contributed by atoms with Crippen LogP contribution in [0.15, 0.2) is 42.7 Å². The largest absolute Gasteiger partial charge is 0.494 e. The standard InChI is InChI=1S/C18H17ClFN3O2/c1-25-16-5-2-12(8-15(16)20)3-7-18(24)21-9-14-11-23-10-13(19)4-6-17(23)22-14/h2,4-6,8,10-11H,3,7,9H2,1H3,(H,21,24). The number of rotatable bonds is 6. The number of aryl methyl sites for hydroxylation is 1. The van der Waals surface area contributed by atoms with Gasteiger partial charge in [0, 0.05) is 18.8 Å². The Hall–Kier alpha value is -2.60. The Morgan fingerprint density at radius 2 is 2.16 bits per heavy atom. The third-order valence-electron chi connectivity index (χ3n) is 3.79. The van der Waals surface area contributed by atoms with Crippen LogP contribution >= 0.6 is 11.6 Å². The zero-order valence-electron chi connectivity index (χ0n) is 13.6. The quantitative estimate of drug-likeness (QED) is 0.732. The first-order valence-electron chi connectivity index (χ1n) is 7.77. The van der Waals surface area contributed by atoms with Gasteiger partial charge in [0.15, 0.2) is 11.6 Å². The minimum atomic E-state index is -0.427. The van der Waals surface area contributed by atoms with Gasteiger partial charge in [0.25, 0.3) is 0 Å². The van der Waals surface area contributed by atoms with Gasteiger partial charge >= 0.3 is 0 Å². The van der Waals surface area contributed by atoms with E-state index >= 15 is 0 Å². The zero-order valence-corrected chi connectivity index (χ0v) is 14.4. The van der Waals surface area contributed by atoms with E-state index in [2.05, 4.69) is 10.3 Å². The van der Waals surface area contributed by atoms with Gasteiger partial charge in [-0.3, -0.25) is 4.79 Å². The number of pyridine rings is 1. The van der Waals surface area contributed by atoms with E-state index in [4.69, 9.17) is 16.3 Å². The molecule has 2 heterocycles. The summed E-state index contributed by atoms with van der Waals surface area (Å²) in [6, 6.07) is 8.27. The van der Waals surface area contributed by atoms with E-state index in [-0.39, 0.29) is 18.1 Å². The van der Waals surface area contributed by atoms with Gasteiger partial charge in [-0.05, 0) is 36.2 Å². The molecule has 1 amide bonds. The Kier molecular flexibility index (Phi) is 5.19. The number of carbonyl (C=O) groups is 1. The molecule has 0 unspecified atom stereocenters. The Morgan fingerprint density at radius 3 is 2.92 bits per heavy atom. The maximum atomic E-state index is 13.6. The molecule has 0 atom stereocenters. The van der Waals surface area contributed by atoms with Crippen molar-refractivity contribution in [1.82, 2.24) is 14.7 Å². The molecule has 0 aliphatic heterocycles. The fourth-order valence-corrected chi connectivity index (χ4v) is 2.67. The Bertz CT molecular complexity index is 910. The fourth-order valence-electron chi connectivity index (χ4n) is 2.50. The molecular weight excluding hydrogens is 345 g/mol. The van der Waals surface area contributed by atoms with Crippen molar-refractivity contribution in [1.29, 1.82) is 0 Å². The molecule has 0 bridgehead atoms. The summed E-state index contributed by atoms with van der Waals surface area (Å²) < 4.78 is 20.3. The summed E-state index contributed by atoms with van der Waals surface area (Å²) in [5, 5.41) is 3.43. The summed E-state index contributed by atoms with van der Waals surface area (Å²) >= 11 is 5.93. The summed E-state index contributed by atoms with van der Waals surface area (Å²) in [5.41, 5.74) is 2.25. The smallest absolute Gasteiger partial charge is 0.220 e. The van der Waals surface area contributed by atoms with Crippen LogP contribution in [0.3, 0.4) is 0 Å². The lowest BCUT2D eigenvalue weighted by Gasteiger charge is -2.06. The molecule has 0 saturated carbocycles. The van der Waals surface area contributed by atoms with Crippen molar-refractivity contribution in [2.24, 2.45) is 0 Å². The summed E-state index contributed by atoms with van der Waals surface area (Å²) in [6.45, 7) is 0.328. The molecule has 2 aromatic heterocycles. The number of aromatic nitrogens is 2. The molecule has 0 aliphatic carbocycles. The van der Waals surface area contributed by atoms with Crippen LogP contribution in [0.5, 0.6) is 5.75 Å². The van der Waals surface area contributed by atoms with Crippen LogP contribution in [0, 0.1) is 5.82 Å². The molecule has 3 aromatic rings. The predicted octanol–water partition coefficient (Wildman–Crippen LogP) is 3.38. The highest BCUT2D eigenvalue weighted by Crippen LogP contribution is 2.18. The van der Waals surface area contributed by atoms with Gasteiger partial charge < -0.3 is 14.5 Å². The SMILES string of the molecule is COc1ccc(CCC(=O)NCc2cn3cc(Cl)ccc3n2)cc1F. The van der Waals surface area contributed by atoms with Crippen molar-refractivity contribution >= 4 is 23.2 Å². The Labute approximate surface area is 149 Å². The monoisotopic (exact) mass is 361 g/mol. The topological polar surface area (TPSA) is 55.6 Å². The predicted molar refractivity (Wildman–Crippen MR) is 93.3 cm³/mol.